The van der Waals surface area contributed by atoms with Crippen LogP contribution in [0.5, 0.6) is 0 Å². The van der Waals surface area contributed by atoms with E-state index in [9.17, 15) is 4.39 Å². The fourth-order valence-corrected chi connectivity index (χ4v) is 2.16. The molecule has 0 unspecified atom stereocenters. The van der Waals surface area contributed by atoms with Crippen molar-refractivity contribution >= 4 is 0 Å². The Morgan fingerprint density at radius 1 is 1.05 bits per heavy atom. The maximum absolute atomic E-state index is 12.9. The number of unbranched alkanes of at least 4 members (excludes halogenated alkanes) is 1. The second-order valence-corrected chi connectivity index (χ2v) is 4.91. The van der Waals surface area contributed by atoms with Gasteiger partial charge in [0, 0.05) is 6.54 Å². The van der Waals surface area contributed by atoms with E-state index in [-0.39, 0.29) is 5.82 Å². The lowest BCUT2D eigenvalue weighted by atomic mass is 10.2. The summed E-state index contributed by atoms with van der Waals surface area (Å²) in [5.74, 6) is 0.745. The minimum Gasteiger partial charge on any atom is -0.468 e. The summed E-state index contributed by atoms with van der Waals surface area (Å²) in [7, 11) is 0. The third-order valence-electron chi connectivity index (χ3n) is 3.21. The molecule has 2 rings (SSSR count). The fourth-order valence-electron chi connectivity index (χ4n) is 2.16. The topological polar surface area (TPSA) is 42.4 Å². The van der Waals surface area contributed by atoms with E-state index in [1.165, 1.54) is 12.1 Å². The summed E-state index contributed by atoms with van der Waals surface area (Å²) in [4.78, 5) is 2.29. The molecule has 2 N–H and O–H groups in total. The number of benzene rings is 1. The van der Waals surface area contributed by atoms with E-state index in [0.717, 1.165) is 43.8 Å². The minimum absolute atomic E-state index is 0.200. The molecule has 0 radical (unpaired) electrons. The number of rotatable bonds is 8. The predicted molar refractivity (Wildman–Crippen MR) is 77.5 cm³/mol. The third kappa shape index (κ3) is 4.79. The summed E-state index contributed by atoms with van der Waals surface area (Å²) >= 11 is 0. The average Bonchev–Trinajstić information content (AvgIpc) is 2.94. The van der Waals surface area contributed by atoms with Crippen LogP contribution in [-0.4, -0.2) is 18.0 Å². The Balaban J connectivity index is 1.95. The number of nitrogens with zero attached hydrogens (tertiary/aromatic N) is 1. The first-order chi connectivity index (χ1) is 9.78. The number of furan rings is 1. The van der Waals surface area contributed by atoms with E-state index >= 15 is 0 Å². The molecule has 0 saturated heterocycles. The Morgan fingerprint density at radius 2 is 1.85 bits per heavy atom. The van der Waals surface area contributed by atoms with E-state index in [2.05, 4.69) is 4.90 Å². The normalized spacial score (nSPS) is 11.2. The molecular formula is C16H21FN2O. The van der Waals surface area contributed by atoms with Crippen molar-refractivity contribution < 1.29 is 8.81 Å². The van der Waals surface area contributed by atoms with Gasteiger partial charge in [0.1, 0.15) is 11.6 Å². The van der Waals surface area contributed by atoms with Crippen LogP contribution < -0.4 is 5.73 Å². The second kappa shape index (κ2) is 7.82. The van der Waals surface area contributed by atoms with Crippen molar-refractivity contribution in [1.29, 1.82) is 0 Å². The predicted octanol–water partition coefficient (Wildman–Crippen LogP) is 3.16. The Hall–Kier alpha value is -1.65. The molecule has 3 nitrogen and oxygen atoms in total. The molecule has 0 aliphatic heterocycles. The standard InChI is InChI=1S/C16H21FN2O/c17-15-7-5-14(6-8-15)12-19(10-2-1-9-18)13-16-4-3-11-20-16/h3-8,11H,1-2,9-10,12-13,18H2. The van der Waals surface area contributed by atoms with Gasteiger partial charge in [-0.05, 0) is 55.8 Å². The van der Waals surface area contributed by atoms with E-state index in [1.54, 1.807) is 6.26 Å². The first kappa shape index (κ1) is 14.8. The van der Waals surface area contributed by atoms with Crippen LogP contribution in [0.3, 0.4) is 0 Å². The number of nitrogens with two attached hydrogens (primary N) is 1. The van der Waals surface area contributed by atoms with Crippen LogP contribution in [0.4, 0.5) is 4.39 Å². The summed E-state index contributed by atoms with van der Waals surface area (Å²) in [6.07, 6.45) is 3.75. The summed E-state index contributed by atoms with van der Waals surface area (Å²) in [5, 5.41) is 0. The smallest absolute Gasteiger partial charge is 0.123 e. The molecule has 0 amide bonds. The number of hydrogen-bond acceptors (Lipinski definition) is 3. The van der Waals surface area contributed by atoms with Crippen LogP contribution in [0.1, 0.15) is 24.2 Å². The molecule has 2 aromatic rings. The maximum atomic E-state index is 12.9. The highest BCUT2D eigenvalue weighted by Crippen LogP contribution is 2.12. The molecule has 0 aliphatic carbocycles. The van der Waals surface area contributed by atoms with Crippen molar-refractivity contribution in [3.8, 4) is 0 Å². The van der Waals surface area contributed by atoms with Crippen LogP contribution in [0.15, 0.2) is 47.1 Å². The zero-order valence-electron chi connectivity index (χ0n) is 11.6. The van der Waals surface area contributed by atoms with E-state index < -0.39 is 0 Å². The number of hydrogen-bond donors (Lipinski definition) is 1. The number of halogens is 1. The second-order valence-electron chi connectivity index (χ2n) is 4.91. The molecule has 0 aliphatic rings. The van der Waals surface area contributed by atoms with E-state index in [4.69, 9.17) is 10.2 Å². The van der Waals surface area contributed by atoms with Crippen molar-refractivity contribution in [2.45, 2.75) is 25.9 Å². The highest BCUT2D eigenvalue weighted by molar-refractivity contribution is 5.16. The van der Waals surface area contributed by atoms with E-state index in [1.807, 2.05) is 24.3 Å². The molecule has 0 spiro atoms. The van der Waals surface area contributed by atoms with Gasteiger partial charge < -0.3 is 10.2 Å². The van der Waals surface area contributed by atoms with Gasteiger partial charge in [0.25, 0.3) is 0 Å². The summed E-state index contributed by atoms with van der Waals surface area (Å²) in [6.45, 7) is 3.21. The van der Waals surface area contributed by atoms with Gasteiger partial charge in [-0.25, -0.2) is 4.39 Å². The van der Waals surface area contributed by atoms with Gasteiger partial charge in [-0.1, -0.05) is 12.1 Å². The van der Waals surface area contributed by atoms with Gasteiger partial charge in [-0.15, -0.1) is 0 Å². The van der Waals surface area contributed by atoms with Gasteiger partial charge in [0.05, 0.1) is 12.8 Å². The lowest BCUT2D eigenvalue weighted by Crippen LogP contribution is -2.24. The van der Waals surface area contributed by atoms with Crippen LogP contribution in [0.2, 0.25) is 0 Å². The van der Waals surface area contributed by atoms with Crippen molar-refractivity contribution in [1.82, 2.24) is 4.90 Å². The molecule has 4 heteroatoms. The Bertz CT molecular complexity index is 482. The quantitative estimate of drug-likeness (QED) is 0.753. The van der Waals surface area contributed by atoms with Crippen LogP contribution in [0.25, 0.3) is 0 Å². The summed E-state index contributed by atoms with van der Waals surface area (Å²) in [6, 6.07) is 10.5. The molecule has 0 bridgehead atoms. The molecule has 0 atom stereocenters. The van der Waals surface area contributed by atoms with Gasteiger partial charge in [0.2, 0.25) is 0 Å². The van der Waals surface area contributed by atoms with Crippen LogP contribution >= 0.6 is 0 Å². The monoisotopic (exact) mass is 276 g/mol. The Labute approximate surface area is 119 Å². The average molecular weight is 276 g/mol. The van der Waals surface area contributed by atoms with Crippen molar-refractivity contribution in [3.05, 3.63) is 59.8 Å². The zero-order valence-corrected chi connectivity index (χ0v) is 11.6. The van der Waals surface area contributed by atoms with Gasteiger partial charge >= 0.3 is 0 Å². The minimum atomic E-state index is -0.200. The SMILES string of the molecule is NCCCCN(Cc1ccc(F)cc1)Cc1ccco1. The molecule has 0 saturated carbocycles. The van der Waals surface area contributed by atoms with Gasteiger partial charge in [-0.2, -0.15) is 0 Å². The third-order valence-corrected chi connectivity index (χ3v) is 3.21. The van der Waals surface area contributed by atoms with Crippen molar-refractivity contribution in [2.75, 3.05) is 13.1 Å². The molecular weight excluding hydrogens is 255 g/mol. The van der Waals surface area contributed by atoms with Gasteiger partial charge in [-0.3, -0.25) is 4.90 Å². The maximum Gasteiger partial charge on any atom is 0.123 e. The Kier molecular flexibility index (Phi) is 5.77. The molecule has 1 heterocycles. The molecule has 1 aromatic carbocycles. The van der Waals surface area contributed by atoms with Crippen molar-refractivity contribution in [3.63, 3.8) is 0 Å². The lowest BCUT2D eigenvalue weighted by molar-refractivity contribution is 0.231. The largest absolute Gasteiger partial charge is 0.468 e. The molecule has 1 aromatic heterocycles. The fraction of sp³-hybridized carbons (Fsp3) is 0.375. The molecule has 108 valence electrons. The van der Waals surface area contributed by atoms with Gasteiger partial charge in [0.15, 0.2) is 0 Å². The summed E-state index contributed by atoms with van der Waals surface area (Å²) < 4.78 is 18.3. The first-order valence-electron chi connectivity index (χ1n) is 6.97. The van der Waals surface area contributed by atoms with Crippen LogP contribution in [0, 0.1) is 5.82 Å². The first-order valence-corrected chi connectivity index (χ1v) is 6.97. The lowest BCUT2D eigenvalue weighted by Gasteiger charge is -2.21. The van der Waals surface area contributed by atoms with Crippen LogP contribution in [-0.2, 0) is 13.1 Å². The zero-order chi connectivity index (χ0) is 14.2. The summed E-state index contributed by atoms with van der Waals surface area (Å²) in [5.41, 5.74) is 6.64. The van der Waals surface area contributed by atoms with E-state index in [0.29, 0.717) is 6.54 Å². The Morgan fingerprint density at radius 3 is 2.50 bits per heavy atom. The highest BCUT2D eigenvalue weighted by atomic mass is 19.1. The highest BCUT2D eigenvalue weighted by Gasteiger charge is 2.08. The van der Waals surface area contributed by atoms with Crippen molar-refractivity contribution in [2.24, 2.45) is 5.73 Å². The molecule has 20 heavy (non-hydrogen) atoms. The molecule has 0 fully saturated rings.